The molecule has 0 radical (unpaired) electrons. The SMILES string of the molecule is COCCOc1cccc2c(C)cc(-c3ccccc3OCC(=O)O)nc12. The van der Waals surface area contributed by atoms with Crippen LogP contribution in [0.2, 0.25) is 0 Å². The van der Waals surface area contributed by atoms with Crippen molar-refractivity contribution in [2.24, 2.45) is 0 Å². The zero-order valence-corrected chi connectivity index (χ0v) is 15.3. The molecule has 1 heterocycles. The first-order valence-corrected chi connectivity index (χ1v) is 8.56. The van der Waals surface area contributed by atoms with Gasteiger partial charge in [0.1, 0.15) is 23.6 Å². The number of methoxy groups -OCH3 is 1. The van der Waals surface area contributed by atoms with Gasteiger partial charge >= 0.3 is 5.97 Å². The van der Waals surface area contributed by atoms with Gasteiger partial charge in [-0.1, -0.05) is 24.3 Å². The van der Waals surface area contributed by atoms with Crippen LogP contribution in [0, 0.1) is 6.92 Å². The zero-order valence-electron chi connectivity index (χ0n) is 15.3. The molecule has 140 valence electrons. The van der Waals surface area contributed by atoms with Crippen LogP contribution in [0.1, 0.15) is 5.56 Å². The van der Waals surface area contributed by atoms with Crippen molar-refractivity contribution in [2.75, 3.05) is 26.9 Å². The molecule has 0 aliphatic rings. The van der Waals surface area contributed by atoms with Crippen LogP contribution in [-0.2, 0) is 9.53 Å². The number of aromatic nitrogens is 1. The number of ether oxygens (including phenoxy) is 3. The number of hydrogen-bond donors (Lipinski definition) is 1. The first kappa shape index (κ1) is 18.7. The van der Waals surface area contributed by atoms with E-state index >= 15 is 0 Å². The number of nitrogens with zero attached hydrogens (tertiary/aromatic N) is 1. The molecule has 0 saturated carbocycles. The molecule has 3 aromatic rings. The number of benzene rings is 2. The normalized spacial score (nSPS) is 10.7. The molecule has 3 rings (SSSR count). The highest BCUT2D eigenvalue weighted by Gasteiger charge is 2.13. The van der Waals surface area contributed by atoms with E-state index in [0.717, 1.165) is 22.0 Å². The van der Waals surface area contributed by atoms with Gasteiger partial charge in [-0.05, 0) is 36.8 Å². The molecule has 0 bridgehead atoms. The van der Waals surface area contributed by atoms with Gasteiger partial charge in [-0.25, -0.2) is 9.78 Å². The quantitative estimate of drug-likeness (QED) is 0.612. The molecule has 0 aliphatic heterocycles. The summed E-state index contributed by atoms with van der Waals surface area (Å²) in [6.45, 7) is 2.52. The molecule has 27 heavy (non-hydrogen) atoms. The summed E-state index contributed by atoms with van der Waals surface area (Å²) in [7, 11) is 1.63. The van der Waals surface area contributed by atoms with Crippen LogP contribution < -0.4 is 9.47 Å². The molecule has 0 saturated heterocycles. The molecular formula is C21H21NO5. The van der Waals surface area contributed by atoms with Crippen molar-refractivity contribution in [3.8, 4) is 22.8 Å². The number of aryl methyl sites for hydroxylation is 1. The Kier molecular flexibility index (Phi) is 5.88. The van der Waals surface area contributed by atoms with Crippen LogP contribution in [-0.4, -0.2) is 43.0 Å². The van der Waals surface area contributed by atoms with Crippen molar-refractivity contribution in [1.29, 1.82) is 0 Å². The number of para-hydroxylation sites is 2. The highest BCUT2D eigenvalue weighted by molar-refractivity contribution is 5.90. The van der Waals surface area contributed by atoms with E-state index in [1.165, 1.54) is 0 Å². The van der Waals surface area contributed by atoms with E-state index < -0.39 is 12.6 Å². The third-order valence-electron chi connectivity index (χ3n) is 4.07. The predicted molar refractivity (Wildman–Crippen MR) is 102 cm³/mol. The van der Waals surface area contributed by atoms with Gasteiger partial charge in [0.2, 0.25) is 0 Å². The summed E-state index contributed by atoms with van der Waals surface area (Å²) in [4.78, 5) is 15.6. The third-order valence-corrected chi connectivity index (χ3v) is 4.07. The van der Waals surface area contributed by atoms with Crippen molar-refractivity contribution in [1.82, 2.24) is 4.98 Å². The lowest BCUT2D eigenvalue weighted by molar-refractivity contribution is -0.139. The van der Waals surface area contributed by atoms with Crippen molar-refractivity contribution in [3.05, 3.63) is 54.1 Å². The van der Waals surface area contributed by atoms with Gasteiger partial charge in [0, 0.05) is 18.1 Å². The Balaban J connectivity index is 2.05. The summed E-state index contributed by atoms with van der Waals surface area (Å²) in [5.41, 5.74) is 3.22. The molecule has 0 unspecified atom stereocenters. The smallest absolute Gasteiger partial charge is 0.341 e. The molecule has 2 aromatic carbocycles. The largest absolute Gasteiger partial charge is 0.489 e. The first-order chi connectivity index (χ1) is 13.1. The van der Waals surface area contributed by atoms with E-state index in [0.29, 0.717) is 30.4 Å². The Bertz CT molecular complexity index is 954. The zero-order chi connectivity index (χ0) is 19.2. The number of rotatable bonds is 8. The van der Waals surface area contributed by atoms with Crippen molar-refractivity contribution in [2.45, 2.75) is 6.92 Å². The fourth-order valence-corrected chi connectivity index (χ4v) is 2.82. The monoisotopic (exact) mass is 367 g/mol. The second-order valence-electron chi connectivity index (χ2n) is 6.00. The van der Waals surface area contributed by atoms with E-state index in [4.69, 9.17) is 24.3 Å². The maximum Gasteiger partial charge on any atom is 0.341 e. The van der Waals surface area contributed by atoms with Crippen LogP contribution in [0.5, 0.6) is 11.5 Å². The van der Waals surface area contributed by atoms with E-state index in [-0.39, 0.29) is 0 Å². The number of fused-ring (bicyclic) bond motifs is 1. The molecule has 0 atom stereocenters. The summed E-state index contributed by atoms with van der Waals surface area (Å²) in [5, 5.41) is 9.89. The van der Waals surface area contributed by atoms with Gasteiger partial charge in [-0.2, -0.15) is 0 Å². The van der Waals surface area contributed by atoms with Gasteiger partial charge in [0.25, 0.3) is 0 Å². The van der Waals surface area contributed by atoms with E-state index in [1.807, 2.05) is 43.3 Å². The first-order valence-electron chi connectivity index (χ1n) is 8.56. The molecule has 1 N–H and O–H groups in total. The summed E-state index contributed by atoms with van der Waals surface area (Å²) in [5.74, 6) is 0.128. The number of pyridine rings is 1. The molecule has 0 aliphatic carbocycles. The van der Waals surface area contributed by atoms with Gasteiger partial charge in [0.15, 0.2) is 6.61 Å². The van der Waals surface area contributed by atoms with Crippen molar-refractivity contribution < 1.29 is 24.1 Å². The Morgan fingerprint density at radius 2 is 1.81 bits per heavy atom. The van der Waals surface area contributed by atoms with Crippen molar-refractivity contribution in [3.63, 3.8) is 0 Å². The van der Waals surface area contributed by atoms with Crippen LogP contribution in [0.4, 0.5) is 0 Å². The fourth-order valence-electron chi connectivity index (χ4n) is 2.82. The Labute approximate surface area is 157 Å². The third kappa shape index (κ3) is 4.35. The molecule has 1 aromatic heterocycles. The highest BCUT2D eigenvalue weighted by Crippen LogP contribution is 2.34. The van der Waals surface area contributed by atoms with Gasteiger partial charge < -0.3 is 19.3 Å². The number of hydrogen-bond acceptors (Lipinski definition) is 5. The summed E-state index contributed by atoms with van der Waals surface area (Å²) in [6.07, 6.45) is 0. The maximum atomic E-state index is 10.9. The molecule has 6 heteroatoms. The second-order valence-corrected chi connectivity index (χ2v) is 6.00. The van der Waals surface area contributed by atoms with Crippen LogP contribution >= 0.6 is 0 Å². The lowest BCUT2D eigenvalue weighted by Crippen LogP contribution is -2.10. The minimum Gasteiger partial charge on any atom is -0.489 e. The fraction of sp³-hybridized carbons (Fsp3) is 0.238. The van der Waals surface area contributed by atoms with Crippen LogP contribution in [0.15, 0.2) is 48.5 Å². The molecular weight excluding hydrogens is 346 g/mol. The summed E-state index contributed by atoms with van der Waals surface area (Å²) < 4.78 is 16.3. The number of carboxylic acids is 1. The number of carbonyl (C=O) groups is 1. The van der Waals surface area contributed by atoms with E-state index in [9.17, 15) is 4.79 Å². The predicted octanol–water partition coefficient (Wildman–Crippen LogP) is 3.70. The van der Waals surface area contributed by atoms with Crippen LogP contribution in [0.3, 0.4) is 0 Å². The molecule has 0 amide bonds. The Hall–Kier alpha value is -3.12. The summed E-state index contributed by atoms with van der Waals surface area (Å²) in [6, 6.07) is 15.0. The summed E-state index contributed by atoms with van der Waals surface area (Å²) >= 11 is 0. The minimum absolute atomic E-state index is 0.408. The molecule has 0 spiro atoms. The maximum absolute atomic E-state index is 10.9. The van der Waals surface area contributed by atoms with E-state index in [2.05, 4.69) is 0 Å². The molecule has 0 fully saturated rings. The molecule has 6 nitrogen and oxygen atoms in total. The average Bonchev–Trinajstić information content (AvgIpc) is 2.67. The topological polar surface area (TPSA) is 77.9 Å². The van der Waals surface area contributed by atoms with Crippen molar-refractivity contribution >= 4 is 16.9 Å². The average molecular weight is 367 g/mol. The van der Waals surface area contributed by atoms with Gasteiger partial charge in [-0.15, -0.1) is 0 Å². The lowest BCUT2D eigenvalue weighted by Gasteiger charge is -2.14. The van der Waals surface area contributed by atoms with Gasteiger partial charge in [-0.3, -0.25) is 0 Å². The van der Waals surface area contributed by atoms with Crippen LogP contribution in [0.25, 0.3) is 22.2 Å². The standard InChI is InChI=1S/C21H21NO5/c1-14-12-17(16-6-3-4-8-18(16)27-13-20(23)24)22-21-15(14)7-5-9-19(21)26-11-10-25-2/h3-9,12H,10-11,13H2,1-2H3,(H,23,24). The lowest BCUT2D eigenvalue weighted by atomic mass is 10.0. The van der Waals surface area contributed by atoms with Gasteiger partial charge in [0.05, 0.1) is 12.3 Å². The number of carboxylic acid groups (broad SMARTS) is 1. The highest BCUT2D eigenvalue weighted by atomic mass is 16.5. The second kappa shape index (κ2) is 8.51. The Morgan fingerprint density at radius 3 is 2.59 bits per heavy atom. The number of aliphatic carboxylic acids is 1. The minimum atomic E-state index is -1.03. The van der Waals surface area contributed by atoms with E-state index in [1.54, 1.807) is 19.2 Å². The Morgan fingerprint density at radius 1 is 1.04 bits per heavy atom.